The van der Waals surface area contributed by atoms with Crippen LogP contribution in [0, 0.1) is 0 Å². The molecule has 4 rings (SSSR count). The highest BCUT2D eigenvalue weighted by Crippen LogP contribution is 2.21. The highest BCUT2D eigenvalue weighted by atomic mass is 16.5. The van der Waals surface area contributed by atoms with Crippen molar-refractivity contribution >= 4 is 23.0 Å². The minimum Gasteiger partial charge on any atom is -0.494 e. The molecule has 0 aliphatic heterocycles. The molecule has 0 aliphatic rings. The van der Waals surface area contributed by atoms with Crippen LogP contribution in [0.4, 0.5) is 0 Å². The lowest BCUT2D eigenvalue weighted by molar-refractivity contribution is 0.0950. The van der Waals surface area contributed by atoms with Crippen LogP contribution in [0.2, 0.25) is 0 Å². The van der Waals surface area contributed by atoms with E-state index < -0.39 is 0 Å². The summed E-state index contributed by atoms with van der Waals surface area (Å²) < 4.78 is 5.43. The van der Waals surface area contributed by atoms with Gasteiger partial charge >= 0.3 is 0 Å². The molecule has 0 atom stereocenters. The number of nitrogens with one attached hydrogen (secondary N) is 3. The van der Waals surface area contributed by atoms with Crippen LogP contribution < -0.4 is 10.2 Å². The number of para-hydroxylation sites is 1. The maximum atomic E-state index is 12.3. The molecule has 0 aliphatic carbocycles. The van der Waals surface area contributed by atoms with Crippen LogP contribution in [0.15, 0.2) is 65.9 Å². The van der Waals surface area contributed by atoms with Crippen LogP contribution in [0.3, 0.4) is 0 Å². The Morgan fingerprint density at radius 1 is 1.21 bits per heavy atom. The second-order valence-electron chi connectivity index (χ2n) is 6.11. The number of hydrazone groups is 1. The number of aromatic amines is 2. The van der Waals surface area contributed by atoms with Crippen LogP contribution in [-0.4, -0.2) is 33.9 Å². The maximum Gasteiger partial charge on any atom is 0.289 e. The summed E-state index contributed by atoms with van der Waals surface area (Å²) in [5, 5.41) is 12.0. The Morgan fingerprint density at radius 3 is 2.86 bits per heavy atom. The summed E-state index contributed by atoms with van der Waals surface area (Å²) >= 11 is 0. The highest BCUT2D eigenvalue weighted by molar-refractivity contribution is 6.00. The number of nitrogens with zero attached hydrogens (tertiary/aromatic N) is 2. The molecule has 2 aromatic carbocycles. The predicted octanol–water partition coefficient (Wildman–Crippen LogP) is 3.72. The van der Waals surface area contributed by atoms with Gasteiger partial charge in [-0.05, 0) is 43.3 Å². The number of carbonyl (C=O) groups excluding carboxylic acids is 1. The normalized spacial score (nSPS) is 11.2. The van der Waals surface area contributed by atoms with Crippen LogP contribution >= 0.6 is 0 Å². The first-order valence-electron chi connectivity index (χ1n) is 8.93. The Balaban J connectivity index is 1.43. The fraction of sp³-hybridized carbons (Fsp3) is 0.0952. The second kappa shape index (κ2) is 7.79. The standard InChI is InChI=1S/C21H19N5O2/c1-2-28-16-9-7-14(8-10-16)19-11-20(25-24-19)21(27)26-23-13-15-12-22-18-6-4-3-5-17(15)18/h3-13,22H,2H2,1H3,(H,24,25)(H,26,27). The van der Waals surface area contributed by atoms with Crippen LogP contribution in [0.5, 0.6) is 5.75 Å². The topological polar surface area (TPSA) is 95.2 Å². The van der Waals surface area contributed by atoms with Gasteiger partial charge in [-0.25, -0.2) is 5.43 Å². The molecule has 0 saturated heterocycles. The Bertz CT molecular complexity index is 1130. The van der Waals surface area contributed by atoms with Crippen molar-refractivity contribution in [1.82, 2.24) is 20.6 Å². The molecule has 2 aromatic heterocycles. The number of H-pyrrole nitrogens is 2. The molecule has 0 bridgehead atoms. The van der Waals surface area contributed by atoms with E-state index in [1.54, 1.807) is 12.3 Å². The largest absolute Gasteiger partial charge is 0.494 e. The van der Waals surface area contributed by atoms with Crippen LogP contribution in [0.25, 0.3) is 22.2 Å². The van der Waals surface area contributed by atoms with Crippen molar-refractivity contribution in [2.24, 2.45) is 5.10 Å². The number of hydrogen-bond acceptors (Lipinski definition) is 4. The number of carbonyl (C=O) groups is 1. The van der Waals surface area contributed by atoms with Crippen molar-refractivity contribution in [3.05, 3.63) is 72.1 Å². The van der Waals surface area contributed by atoms with E-state index in [0.717, 1.165) is 27.8 Å². The van der Waals surface area contributed by atoms with Gasteiger partial charge < -0.3 is 9.72 Å². The summed E-state index contributed by atoms with van der Waals surface area (Å²) in [5.74, 6) is 0.437. The van der Waals surface area contributed by atoms with E-state index in [9.17, 15) is 4.79 Å². The molecule has 7 nitrogen and oxygen atoms in total. The lowest BCUT2D eigenvalue weighted by Crippen LogP contribution is -2.17. The average molecular weight is 373 g/mol. The number of hydrogen-bond donors (Lipinski definition) is 3. The number of rotatable bonds is 6. The minimum absolute atomic E-state index is 0.333. The van der Waals surface area contributed by atoms with E-state index >= 15 is 0 Å². The predicted molar refractivity (Wildman–Crippen MR) is 109 cm³/mol. The van der Waals surface area contributed by atoms with Gasteiger partial charge in [0.25, 0.3) is 5.91 Å². The summed E-state index contributed by atoms with van der Waals surface area (Å²) in [7, 11) is 0. The summed E-state index contributed by atoms with van der Waals surface area (Å²) in [6.45, 7) is 2.55. The molecule has 0 spiro atoms. The van der Waals surface area contributed by atoms with E-state index in [1.165, 1.54) is 0 Å². The van der Waals surface area contributed by atoms with E-state index in [2.05, 4.69) is 25.7 Å². The number of aromatic nitrogens is 3. The molecule has 7 heteroatoms. The molecule has 0 saturated carbocycles. The SMILES string of the molecule is CCOc1ccc(-c2cc(C(=O)NN=Cc3c[nH]c4ccccc34)[nH]n2)cc1. The average Bonchev–Trinajstić information content (AvgIpc) is 3.37. The van der Waals surface area contributed by atoms with Gasteiger partial charge in [0.2, 0.25) is 0 Å². The molecular weight excluding hydrogens is 354 g/mol. The molecular formula is C21H19N5O2. The molecule has 4 aromatic rings. The third-order valence-electron chi connectivity index (χ3n) is 4.27. The van der Waals surface area contributed by atoms with Gasteiger partial charge in [-0.3, -0.25) is 9.89 Å². The Hall–Kier alpha value is -3.87. The second-order valence-corrected chi connectivity index (χ2v) is 6.11. The first-order valence-corrected chi connectivity index (χ1v) is 8.93. The third-order valence-corrected chi connectivity index (χ3v) is 4.27. The lowest BCUT2D eigenvalue weighted by atomic mass is 10.1. The summed E-state index contributed by atoms with van der Waals surface area (Å²) in [5.41, 5.74) is 6.33. The smallest absolute Gasteiger partial charge is 0.289 e. The first kappa shape index (κ1) is 17.5. The van der Waals surface area contributed by atoms with E-state index in [4.69, 9.17) is 4.74 Å². The molecule has 0 unspecified atom stereocenters. The van der Waals surface area contributed by atoms with Crippen molar-refractivity contribution < 1.29 is 9.53 Å². The zero-order chi connectivity index (χ0) is 19.3. The number of fused-ring (bicyclic) bond motifs is 1. The van der Waals surface area contributed by atoms with Crippen LogP contribution in [-0.2, 0) is 0 Å². The Morgan fingerprint density at radius 2 is 2.04 bits per heavy atom. The van der Waals surface area contributed by atoms with E-state index in [0.29, 0.717) is 18.0 Å². The fourth-order valence-corrected chi connectivity index (χ4v) is 2.90. The number of benzene rings is 2. The van der Waals surface area contributed by atoms with Gasteiger partial charge in [0.05, 0.1) is 18.5 Å². The monoisotopic (exact) mass is 373 g/mol. The van der Waals surface area contributed by atoms with E-state index in [-0.39, 0.29) is 5.91 Å². The van der Waals surface area contributed by atoms with Crippen molar-refractivity contribution in [3.63, 3.8) is 0 Å². The number of ether oxygens (including phenoxy) is 1. The van der Waals surface area contributed by atoms with Gasteiger partial charge in [0.15, 0.2) is 0 Å². The molecule has 28 heavy (non-hydrogen) atoms. The molecule has 0 radical (unpaired) electrons. The van der Waals surface area contributed by atoms with Crippen molar-refractivity contribution in [3.8, 4) is 17.0 Å². The minimum atomic E-state index is -0.360. The summed E-state index contributed by atoms with van der Waals surface area (Å²) in [4.78, 5) is 15.5. The summed E-state index contributed by atoms with van der Waals surface area (Å²) in [6.07, 6.45) is 3.46. The molecule has 1 amide bonds. The number of amides is 1. The van der Waals surface area contributed by atoms with Gasteiger partial charge in [-0.15, -0.1) is 0 Å². The Kier molecular flexibility index (Phi) is 4.88. The van der Waals surface area contributed by atoms with Crippen molar-refractivity contribution in [1.29, 1.82) is 0 Å². The van der Waals surface area contributed by atoms with E-state index in [1.807, 2.05) is 61.7 Å². The molecule has 3 N–H and O–H groups in total. The highest BCUT2D eigenvalue weighted by Gasteiger charge is 2.10. The summed E-state index contributed by atoms with van der Waals surface area (Å²) in [6, 6.07) is 17.1. The zero-order valence-electron chi connectivity index (χ0n) is 15.3. The van der Waals surface area contributed by atoms with Gasteiger partial charge in [-0.2, -0.15) is 10.2 Å². The lowest BCUT2D eigenvalue weighted by Gasteiger charge is -2.02. The Labute approximate surface area is 161 Å². The van der Waals surface area contributed by atoms with Crippen LogP contribution in [0.1, 0.15) is 23.0 Å². The van der Waals surface area contributed by atoms with Crippen molar-refractivity contribution in [2.75, 3.05) is 6.61 Å². The molecule has 2 heterocycles. The maximum absolute atomic E-state index is 12.3. The third kappa shape index (κ3) is 3.64. The molecule has 140 valence electrons. The molecule has 0 fully saturated rings. The zero-order valence-corrected chi connectivity index (χ0v) is 15.3. The fourth-order valence-electron chi connectivity index (χ4n) is 2.90. The first-order chi connectivity index (χ1) is 13.7. The van der Waals surface area contributed by atoms with Crippen molar-refractivity contribution in [2.45, 2.75) is 6.92 Å². The van der Waals surface area contributed by atoms with Gasteiger partial charge in [-0.1, -0.05) is 18.2 Å². The quantitative estimate of drug-likeness (QED) is 0.355. The van der Waals surface area contributed by atoms with Gasteiger partial charge in [0, 0.05) is 28.2 Å². The van der Waals surface area contributed by atoms with Gasteiger partial charge in [0.1, 0.15) is 11.4 Å².